The van der Waals surface area contributed by atoms with E-state index in [1.807, 2.05) is 32.0 Å². The molecular weight excluding hydrogens is 336 g/mol. The van der Waals surface area contributed by atoms with Crippen molar-refractivity contribution in [1.82, 2.24) is 19.4 Å². The molecule has 0 radical (unpaired) electrons. The van der Waals surface area contributed by atoms with E-state index in [-0.39, 0.29) is 5.69 Å². The molecule has 2 heterocycles. The first-order valence-corrected chi connectivity index (χ1v) is 9.03. The van der Waals surface area contributed by atoms with E-state index in [9.17, 15) is 4.79 Å². The molecule has 4 aromatic rings. The Morgan fingerprint density at radius 2 is 1.59 bits per heavy atom. The van der Waals surface area contributed by atoms with Crippen LogP contribution in [0, 0.1) is 27.7 Å². The fraction of sp³-hybridized carbons (Fsp3) is 0.227. The van der Waals surface area contributed by atoms with Crippen LogP contribution in [0.15, 0.2) is 53.3 Å². The molecule has 136 valence electrons. The summed E-state index contributed by atoms with van der Waals surface area (Å²) in [5, 5.41) is 8.99. The van der Waals surface area contributed by atoms with E-state index < -0.39 is 0 Å². The number of rotatable bonds is 3. The molecule has 27 heavy (non-hydrogen) atoms. The maximum Gasteiger partial charge on any atom is 0.367 e. The average Bonchev–Trinajstić information content (AvgIpc) is 2.96. The Balaban J connectivity index is 1.77. The van der Waals surface area contributed by atoms with Gasteiger partial charge in [0.05, 0.1) is 12.2 Å². The lowest BCUT2D eigenvalue weighted by atomic mass is 10.0. The fourth-order valence-corrected chi connectivity index (χ4v) is 3.20. The van der Waals surface area contributed by atoms with Gasteiger partial charge in [0.15, 0.2) is 5.65 Å². The molecule has 5 heteroatoms. The second-order valence-corrected chi connectivity index (χ2v) is 7.16. The van der Waals surface area contributed by atoms with E-state index in [0.717, 1.165) is 22.4 Å². The van der Waals surface area contributed by atoms with Crippen molar-refractivity contribution in [3.8, 4) is 11.3 Å². The molecule has 4 rings (SSSR count). The molecule has 0 saturated carbocycles. The van der Waals surface area contributed by atoms with Gasteiger partial charge in [0.1, 0.15) is 0 Å². The number of fused-ring (bicyclic) bond motifs is 1. The molecule has 0 aliphatic heterocycles. The Hall–Kier alpha value is -3.21. The normalized spacial score (nSPS) is 11.3. The molecule has 0 atom stereocenters. The first kappa shape index (κ1) is 17.2. The quantitative estimate of drug-likeness (QED) is 0.559. The third-order valence-electron chi connectivity index (χ3n) is 5.07. The summed E-state index contributed by atoms with van der Waals surface area (Å²) in [5.74, 6) is 0. The molecule has 0 unspecified atom stereocenters. The van der Waals surface area contributed by atoms with Crippen LogP contribution in [0.1, 0.15) is 27.8 Å². The van der Waals surface area contributed by atoms with E-state index >= 15 is 0 Å². The van der Waals surface area contributed by atoms with Gasteiger partial charge in [-0.3, -0.25) is 0 Å². The zero-order valence-electron chi connectivity index (χ0n) is 16.0. The zero-order valence-corrected chi connectivity index (χ0v) is 16.0. The maximum absolute atomic E-state index is 12.8. The molecule has 0 bridgehead atoms. The van der Waals surface area contributed by atoms with Gasteiger partial charge >= 0.3 is 5.69 Å². The summed E-state index contributed by atoms with van der Waals surface area (Å²) >= 11 is 0. The predicted molar refractivity (Wildman–Crippen MR) is 107 cm³/mol. The Kier molecular flexibility index (Phi) is 4.15. The van der Waals surface area contributed by atoms with E-state index in [0.29, 0.717) is 12.2 Å². The molecule has 0 aliphatic carbocycles. The van der Waals surface area contributed by atoms with Crippen LogP contribution in [0.2, 0.25) is 0 Å². The highest BCUT2D eigenvalue weighted by molar-refractivity contribution is 5.61. The summed E-state index contributed by atoms with van der Waals surface area (Å²) in [6, 6.07) is 16.2. The third-order valence-corrected chi connectivity index (χ3v) is 5.07. The van der Waals surface area contributed by atoms with E-state index in [1.54, 1.807) is 0 Å². The lowest BCUT2D eigenvalue weighted by Crippen LogP contribution is -2.23. The smallest absolute Gasteiger partial charge is 0.244 e. The topological polar surface area (TPSA) is 52.2 Å². The predicted octanol–water partition coefficient (Wildman–Crippen LogP) is 3.84. The molecule has 0 saturated heterocycles. The molecule has 0 fully saturated rings. The van der Waals surface area contributed by atoms with Crippen molar-refractivity contribution < 1.29 is 0 Å². The van der Waals surface area contributed by atoms with Crippen LogP contribution in [0.3, 0.4) is 0 Å². The molecule has 0 spiro atoms. The summed E-state index contributed by atoms with van der Waals surface area (Å²) in [5.41, 5.74) is 7.93. The third kappa shape index (κ3) is 3.16. The van der Waals surface area contributed by atoms with Gasteiger partial charge in [0.25, 0.3) is 0 Å². The van der Waals surface area contributed by atoms with Crippen molar-refractivity contribution in [2.45, 2.75) is 34.2 Å². The largest absolute Gasteiger partial charge is 0.367 e. The van der Waals surface area contributed by atoms with Crippen LogP contribution in [0.4, 0.5) is 0 Å². The van der Waals surface area contributed by atoms with Crippen LogP contribution in [-0.4, -0.2) is 19.4 Å². The van der Waals surface area contributed by atoms with Gasteiger partial charge in [-0.15, -0.1) is 5.10 Å². The number of aryl methyl sites for hydroxylation is 4. The van der Waals surface area contributed by atoms with Crippen molar-refractivity contribution in [2.75, 3.05) is 0 Å². The molecule has 5 nitrogen and oxygen atoms in total. The number of hydrogen-bond donors (Lipinski definition) is 0. The van der Waals surface area contributed by atoms with Crippen molar-refractivity contribution in [2.24, 2.45) is 0 Å². The van der Waals surface area contributed by atoms with Crippen LogP contribution >= 0.6 is 0 Å². The van der Waals surface area contributed by atoms with Crippen LogP contribution < -0.4 is 5.69 Å². The number of hydrogen-bond acceptors (Lipinski definition) is 3. The van der Waals surface area contributed by atoms with Gasteiger partial charge in [0.2, 0.25) is 0 Å². The summed E-state index contributed by atoms with van der Waals surface area (Å²) in [4.78, 5) is 12.8. The van der Waals surface area contributed by atoms with Crippen molar-refractivity contribution in [1.29, 1.82) is 0 Å². The van der Waals surface area contributed by atoms with E-state index in [2.05, 4.69) is 54.4 Å². The van der Waals surface area contributed by atoms with Crippen molar-refractivity contribution >= 4 is 5.65 Å². The minimum Gasteiger partial charge on any atom is -0.244 e. The Morgan fingerprint density at radius 3 is 2.37 bits per heavy atom. The minimum atomic E-state index is -0.225. The standard InChI is InChI=1S/C22H22N4O/c1-14-5-6-16(3)19(11-14)13-25-22(27)26-21(24-25)10-9-20(23-26)18-8-7-15(2)17(4)12-18/h5-12H,13H2,1-4H3. The highest BCUT2D eigenvalue weighted by atomic mass is 16.2. The number of nitrogens with zero attached hydrogens (tertiary/aromatic N) is 4. The lowest BCUT2D eigenvalue weighted by Gasteiger charge is -2.06. The molecule has 2 aromatic carbocycles. The second kappa shape index (κ2) is 6.50. The second-order valence-electron chi connectivity index (χ2n) is 7.16. The van der Waals surface area contributed by atoms with Gasteiger partial charge in [-0.25, -0.2) is 9.48 Å². The summed E-state index contributed by atoms with van der Waals surface area (Å²) < 4.78 is 2.87. The van der Waals surface area contributed by atoms with Crippen molar-refractivity contribution in [3.05, 3.63) is 86.8 Å². The molecule has 0 aliphatic rings. The van der Waals surface area contributed by atoms with E-state index in [1.165, 1.54) is 25.9 Å². The van der Waals surface area contributed by atoms with Gasteiger partial charge in [-0.1, -0.05) is 35.9 Å². The molecular formula is C22H22N4O. The van der Waals surface area contributed by atoms with E-state index in [4.69, 9.17) is 0 Å². The first-order chi connectivity index (χ1) is 12.9. The average molecular weight is 358 g/mol. The first-order valence-electron chi connectivity index (χ1n) is 9.03. The zero-order chi connectivity index (χ0) is 19.1. The summed E-state index contributed by atoms with van der Waals surface area (Å²) in [6.07, 6.45) is 0. The van der Waals surface area contributed by atoms with Gasteiger partial charge in [-0.2, -0.15) is 9.61 Å². The Bertz CT molecular complexity index is 1220. The van der Waals surface area contributed by atoms with Gasteiger partial charge < -0.3 is 0 Å². The highest BCUT2D eigenvalue weighted by Crippen LogP contribution is 2.20. The molecule has 0 N–H and O–H groups in total. The van der Waals surface area contributed by atoms with Crippen molar-refractivity contribution in [3.63, 3.8) is 0 Å². The summed E-state index contributed by atoms with van der Waals surface area (Å²) in [7, 11) is 0. The molecule has 0 amide bonds. The van der Waals surface area contributed by atoms with Crippen LogP contribution in [-0.2, 0) is 6.54 Å². The minimum absolute atomic E-state index is 0.225. The van der Waals surface area contributed by atoms with Crippen LogP contribution in [0.25, 0.3) is 16.9 Å². The monoisotopic (exact) mass is 358 g/mol. The number of benzene rings is 2. The SMILES string of the molecule is Cc1ccc(C)c(Cn2nc3ccc(-c4ccc(C)c(C)c4)nn3c2=O)c1. The lowest BCUT2D eigenvalue weighted by molar-refractivity contribution is 0.648. The van der Waals surface area contributed by atoms with Crippen LogP contribution in [0.5, 0.6) is 0 Å². The maximum atomic E-state index is 12.8. The van der Waals surface area contributed by atoms with Gasteiger partial charge in [0, 0.05) is 5.56 Å². The highest BCUT2D eigenvalue weighted by Gasteiger charge is 2.11. The number of aromatic nitrogens is 4. The Morgan fingerprint density at radius 1 is 0.815 bits per heavy atom. The van der Waals surface area contributed by atoms with Gasteiger partial charge in [-0.05, 0) is 68.1 Å². The molecule has 2 aromatic heterocycles. The fourth-order valence-electron chi connectivity index (χ4n) is 3.20. The Labute approximate surface area is 157 Å². The summed E-state index contributed by atoms with van der Waals surface area (Å²) in [6.45, 7) is 8.69.